The van der Waals surface area contributed by atoms with Gasteiger partial charge in [0.15, 0.2) is 0 Å². The summed E-state index contributed by atoms with van der Waals surface area (Å²) < 4.78 is 21.4. The quantitative estimate of drug-likeness (QED) is 0.417. The van der Waals surface area contributed by atoms with Crippen molar-refractivity contribution >= 4 is 31.1 Å². The van der Waals surface area contributed by atoms with Crippen LogP contribution >= 0.6 is 8.34 Å². The van der Waals surface area contributed by atoms with Crippen LogP contribution in [0.3, 0.4) is 0 Å². The molecule has 0 amide bonds. The number of hydrogen-bond acceptors (Lipinski definition) is 3. The first kappa shape index (κ1) is 9.17. The maximum atomic E-state index is 8.40. The molecule has 0 saturated heterocycles. The van der Waals surface area contributed by atoms with Crippen LogP contribution < -0.4 is 3.96 Å². The van der Waals surface area contributed by atoms with E-state index in [9.17, 15) is 0 Å². The predicted octanol–water partition coefficient (Wildman–Crippen LogP) is -0.616. The summed E-state index contributed by atoms with van der Waals surface area (Å²) in [4.78, 5) is 0. The second-order valence-corrected chi connectivity index (χ2v) is 0.250. The maximum absolute atomic E-state index is 8.40. The van der Waals surface area contributed by atoms with Gasteiger partial charge in [0.25, 0.3) is 0 Å². The number of rotatable bonds is 0. The van der Waals surface area contributed by atoms with Crippen molar-refractivity contribution in [3.63, 3.8) is 0 Å². The van der Waals surface area contributed by atoms with Crippen LogP contribution in [0.1, 0.15) is 0 Å². The molecule has 0 bridgehead atoms. The zero-order valence-electron chi connectivity index (χ0n) is 2.39. The van der Waals surface area contributed by atoms with Crippen LogP contribution in [0.4, 0.5) is 0 Å². The second kappa shape index (κ2) is 22.7. The molecule has 0 aliphatic carbocycles. The van der Waals surface area contributed by atoms with Crippen LogP contribution in [0.5, 0.6) is 0 Å². The van der Waals surface area contributed by atoms with Gasteiger partial charge in [-0.2, -0.15) is 0 Å². The average molecular weight is 199 g/mol. The second-order valence-electron chi connectivity index (χ2n) is 0.0833. The van der Waals surface area contributed by atoms with Crippen molar-refractivity contribution in [2.45, 2.75) is 0 Å². The van der Waals surface area contributed by atoms with Gasteiger partial charge in [0.1, 0.15) is 0 Å². The summed E-state index contributed by atoms with van der Waals surface area (Å²) in [5, 5.41) is 0. The number of nitrogens with two attached hydrogens (primary N) is 1. The van der Waals surface area contributed by atoms with Gasteiger partial charge in [-0.1, -0.05) is 0 Å². The molecule has 3 radical (unpaired) electrons. The van der Waals surface area contributed by atoms with Crippen LogP contribution in [0.25, 0.3) is 0 Å². The van der Waals surface area contributed by atoms with Crippen LogP contribution in [0, 0.1) is 0 Å². The van der Waals surface area contributed by atoms with Gasteiger partial charge in [-0.25, -0.2) is 9.13 Å². The third-order valence-electron chi connectivity index (χ3n) is 0. The molecule has 29 valence electrons. The van der Waals surface area contributed by atoms with E-state index in [-0.39, 0.29) is 0 Å². The Bertz CT molecular complexity index is 30.6. The van der Waals surface area contributed by atoms with E-state index >= 15 is 0 Å². The molecule has 0 saturated carbocycles. The van der Waals surface area contributed by atoms with Crippen LogP contribution in [-0.4, -0.2) is 22.8 Å². The van der Waals surface area contributed by atoms with E-state index in [0.717, 1.165) is 22.8 Å². The van der Waals surface area contributed by atoms with E-state index in [2.05, 4.69) is 3.96 Å². The van der Waals surface area contributed by atoms with Crippen molar-refractivity contribution in [2.75, 3.05) is 0 Å². The van der Waals surface area contributed by atoms with Gasteiger partial charge in [-0.3, -0.25) is 0 Å². The first-order valence-electron chi connectivity index (χ1n) is 0.697. The number of hydrogen-bond donors (Lipinski definition) is 1. The van der Waals surface area contributed by atoms with Crippen LogP contribution in [-0.2, 0) is 9.13 Å². The normalized spacial score (nSPS) is 3.60. The molecule has 0 aromatic rings. The van der Waals surface area contributed by atoms with Crippen molar-refractivity contribution in [3.05, 3.63) is 0 Å². The Labute approximate surface area is 44.6 Å². The topological polar surface area (TPSA) is 60.2 Å². The third-order valence-corrected chi connectivity index (χ3v) is 0. The van der Waals surface area contributed by atoms with Crippen molar-refractivity contribution in [1.29, 1.82) is 0 Å². The van der Waals surface area contributed by atoms with Gasteiger partial charge in [0.2, 0.25) is 0 Å². The Kier molecular flexibility index (Phi) is 41.6. The molecule has 5 heteroatoms. The Morgan fingerprint density at radius 2 is 1.40 bits per heavy atom. The van der Waals surface area contributed by atoms with Gasteiger partial charge >= 0.3 is 35.1 Å². The monoisotopic (exact) mass is 200 g/mol. The van der Waals surface area contributed by atoms with Crippen molar-refractivity contribution in [3.8, 4) is 0 Å². The van der Waals surface area contributed by atoms with Gasteiger partial charge in [-0.05, 0) is 0 Å². The Hall–Kier alpha value is 0.659. The van der Waals surface area contributed by atoms with E-state index in [4.69, 9.17) is 9.13 Å². The zero-order chi connectivity index (χ0) is 4.71. The molecular formula is H3NO2PSn. The summed E-state index contributed by atoms with van der Waals surface area (Å²) in [5.41, 5.74) is 0. The van der Waals surface area contributed by atoms with E-state index < -0.39 is 8.34 Å². The fourth-order valence-corrected chi connectivity index (χ4v) is 0. The molecule has 5 heavy (non-hydrogen) atoms. The molecule has 0 spiro atoms. The first-order valence-corrected chi connectivity index (χ1v) is 3.16. The van der Waals surface area contributed by atoms with Crippen molar-refractivity contribution < 1.29 is 9.13 Å². The van der Waals surface area contributed by atoms with Crippen molar-refractivity contribution in [2.24, 2.45) is 3.96 Å². The molecule has 0 aliphatic rings. The fraction of sp³-hybridized carbons (Fsp3) is 0. The van der Waals surface area contributed by atoms with Gasteiger partial charge in [0.05, 0.1) is 0 Å². The molecular weight excluding hydrogens is 196 g/mol. The Morgan fingerprint density at radius 1 is 1.40 bits per heavy atom. The Balaban J connectivity index is 0. The summed E-state index contributed by atoms with van der Waals surface area (Å²) in [6, 6.07) is 0. The summed E-state index contributed by atoms with van der Waals surface area (Å²) in [5.74, 6) is 0. The van der Waals surface area contributed by atoms with Crippen molar-refractivity contribution in [1.82, 2.24) is 0 Å². The molecule has 3 nitrogen and oxygen atoms in total. The van der Waals surface area contributed by atoms with E-state index in [1.54, 1.807) is 0 Å². The van der Waals surface area contributed by atoms with E-state index in [1.165, 1.54) is 0 Å². The van der Waals surface area contributed by atoms with Gasteiger partial charge in [-0.15, -0.1) is 0 Å². The summed E-state index contributed by atoms with van der Waals surface area (Å²) in [7, 11) is -1.42. The molecule has 0 unspecified atom stereocenters. The molecule has 0 aromatic carbocycles. The summed E-state index contributed by atoms with van der Waals surface area (Å²) in [6.45, 7) is 0. The standard InChI is InChI=1S/H2N.HO2P.Sn/c;1-3-2;/h1H2;3H;/q-1;;+1. The molecule has 0 heterocycles. The van der Waals surface area contributed by atoms with E-state index in [1.807, 2.05) is 0 Å². The minimum absolute atomic E-state index is 1.05. The van der Waals surface area contributed by atoms with Crippen LogP contribution in [0.2, 0.25) is 0 Å². The Morgan fingerprint density at radius 3 is 1.40 bits per heavy atom. The fourth-order valence-electron chi connectivity index (χ4n) is 0. The molecule has 0 rings (SSSR count). The average Bonchev–Trinajstić information content (AvgIpc) is 1.46. The molecule has 0 aliphatic heterocycles. The SMILES string of the molecule is O=[PH]=O.[NH2][Sn]. The van der Waals surface area contributed by atoms with Crippen LogP contribution in [0.15, 0.2) is 0 Å². The third kappa shape index (κ3) is 75.9. The molecule has 0 aromatic heterocycles. The summed E-state index contributed by atoms with van der Waals surface area (Å²) in [6.07, 6.45) is 0. The summed E-state index contributed by atoms with van der Waals surface area (Å²) >= 11 is 1.05. The minimum atomic E-state index is -1.42. The molecule has 2 N–H and O–H groups in total. The molecule has 0 fully saturated rings. The van der Waals surface area contributed by atoms with Gasteiger partial charge < -0.3 is 0 Å². The zero-order valence-corrected chi connectivity index (χ0v) is 6.25. The first-order chi connectivity index (χ1) is 2.41. The van der Waals surface area contributed by atoms with Gasteiger partial charge in [0, 0.05) is 0 Å². The molecule has 0 atom stereocenters. The van der Waals surface area contributed by atoms with E-state index in [0.29, 0.717) is 0 Å². The predicted molar refractivity (Wildman–Crippen MR) is 19.6 cm³/mol.